The molecule has 0 heterocycles. The minimum absolute atomic E-state index is 0.0697. The topological polar surface area (TPSA) is 47.6 Å². The molecule has 1 saturated carbocycles. The molecule has 1 fully saturated rings. The van der Waals surface area contributed by atoms with Crippen LogP contribution in [0.15, 0.2) is 48.5 Å². The van der Waals surface area contributed by atoms with Crippen molar-refractivity contribution in [3.63, 3.8) is 0 Å². The summed E-state index contributed by atoms with van der Waals surface area (Å²) in [5, 5.41) is 2.97. The van der Waals surface area contributed by atoms with Crippen molar-refractivity contribution in [1.29, 1.82) is 0 Å². The van der Waals surface area contributed by atoms with Crippen LogP contribution in [0.3, 0.4) is 0 Å². The fraction of sp³-hybridized carbons (Fsp3) is 0.316. The zero-order valence-corrected chi connectivity index (χ0v) is 13.4. The Kier molecular flexibility index (Phi) is 4.51. The van der Waals surface area contributed by atoms with Gasteiger partial charge in [-0.25, -0.2) is 0 Å². The van der Waals surface area contributed by atoms with Crippen molar-refractivity contribution in [2.24, 2.45) is 11.8 Å². The van der Waals surface area contributed by atoms with E-state index < -0.39 is 0 Å². The average Bonchev–Trinajstić information content (AvgIpc) is 3.28. The first kappa shape index (κ1) is 15.4. The molecule has 3 rings (SSSR count). The van der Waals surface area contributed by atoms with Crippen LogP contribution >= 0.6 is 0 Å². The standard InChI is InChI=1S/C19H21NO3/c1-3-22-14-8-10-15(11-9-14)23-18-7-5-4-6-17(18)20-19(21)16-12-13(16)2/h4-11,13,16H,3,12H2,1-2H3,(H,20,21)/t13-,16-/m1/s1. The summed E-state index contributed by atoms with van der Waals surface area (Å²) in [5.41, 5.74) is 0.700. The first-order chi connectivity index (χ1) is 11.2. The molecule has 120 valence electrons. The molecule has 23 heavy (non-hydrogen) atoms. The first-order valence-electron chi connectivity index (χ1n) is 7.98. The van der Waals surface area contributed by atoms with E-state index in [9.17, 15) is 4.79 Å². The molecule has 1 aliphatic rings. The van der Waals surface area contributed by atoms with Gasteiger partial charge in [0.1, 0.15) is 11.5 Å². The lowest BCUT2D eigenvalue weighted by Crippen LogP contribution is -2.14. The molecule has 2 aromatic carbocycles. The second-order valence-corrected chi connectivity index (χ2v) is 5.81. The molecule has 2 atom stereocenters. The van der Waals surface area contributed by atoms with Crippen LogP contribution < -0.4 is 14.8 Å². The van der Waals surface area contributed by atoms with E-state index in [0.29, 0.717) is 29.7 Å². The van der Waals surface area contributed by atoms with E-state index >= 15 is 0 Å². The monoisotopic (exact) mass is 311 g/mol. The minimum Gasteiger partial charge on any atom is -0.494 e. The Morgan fingerprint density at radius 2 is 1.78 bits per heavy atom. The molecule has 4 nitrogen and oxygen atoms in total. The van der Waals surface area contributed by atoms with Crippen molar-refractivity contribution in [1.82, 2.24) is 0 Å². The highest BCUT2D eigenvalue weighted by molar-refractivity contribution is 5.95. The number of rotatable bonds is 6. The van der Waals surface area contributed by atoms with Gasteiger partial charge in [-0.2, -0.15) is 0 Å². The molecule has 2 aromatic rings. The smallest absolute Gasteiger partial charge is 0.227 e. The average molecular weight is 311 g/mol. The lowest BCUT2D eigenvalue weighted by Gasteiger charge is -2.12. The Morgan fingerprint density at radius 1 is 1.13 bits per heavy atom. The van der Waals surface area contributed by atoms with E-state index in [1.807, 2.05) is 55.5 Å². The van der Waals surface area contributed by atoms with Crippen LogP contribution in [-0.2, 0) is 4.79 Å². The van der Waals surface area contributed by atoms with Crippen LogP contribution in [0.4, 0.5) is 5.69 Å². The van der Waals surface area contributed by atoms with Gasteiger partial charge in [-0.1, -0.05) is 19.1 Å². The zero-order chi connectivity index (χ0) is 16.2. The molecule has 1 aliphatic carbocycles. The summed E-state index contributed by atoms with van der Waals surface area (Å²) >= 11 is 0. The van der Waals surface area contributed by atoms with Gasteiger partial charge in [0.05, 0.1) is 12.3 Å². The molecule has 1 amide bonds. The minimum atomic E-state index is 0.0697. The number of anilines is 1. The van der Waals surface area contributed by atoms with Gasteiger partial charge >= 0.3 is 0 Å². The van der Waals surface area contributed by atoms with E-state index in [-0.39, 0.29) is 11.8 Å². The van der Waals surface area contributed by atoms with Crippen molar-refractivity contribution in [2.75, 3.05) is 11.9 Å². The number of hydrogen-bond donors (Lipinski definition) is 1. The lowest BCUT2D eigenvalue weighted by atomic mass is 10.2. The molecular formula is C19H21NO3. The summed E-state index contributed by atoms with van der Waals surface area (Å²) in [7, 11) is 0. The van der Waals surface area contributed by atoms with Gasteiger partial charge in [-0.3, -0.25) is 4.79 Å². The summed E-state index contributed by atoms with van der Waals surface area (Å²) in [6, 6.07) is 14.9. The van der Waals surface area contributed by atoms with Gasteiger partial charge in [-0.15, -0.1) is 0 Å². The highest BCUT2D eigenvalue weighted by Gasteiger charge is 2.39. The third kappa shape index (κ3) is 3.83. The van der Waals surface area contributed by atoms with Crippen LogP contribution in [0.5, 0.6) is 17.2 Å². The molecule has 0 unspecified atom stereocenters. The normalized spacial score (nSPS) is 19.0. The van der Waals surface area contributed by atoms with E-state index in [1.165, 1.54) is 0 Å². The highest BCUT2D eigenvalue weighted by atomic mass is 16.5. The number of amides is 1. The molecule has 0 saturated heterocycles. The van der Waals surface area contributed by atoms with Crippen LogP contribution in [0.1, 0.15) is 20.3 Å². The van der Waals surface area contributed by atoms with Crippen LogP contribution in [0.2, 0.25) is 0 Å². The Morgan fingerprint density at radius 3 is 2.43 bits per heavy atom. The second kappa shape index (κ2) is 6.73. The van der Waals surface area contributed by atoms with Crippen molar-refractivity contribution >= 4 is 11.6 Å². The molecule has 0 radical (unpaired) electrons. The number of nitrogens with one attached hydrogen (secondary N) is 1. The van der Waals surface area contributed by atoms with Gasteiger partial charge < -0.3 is 14.8 Å². The van der Waals surface area contributed by atoms with Crippen LogP contribution in [0, 0.1) is 11.8 Å². The van der Waals surface area contributed by atoms with Gasteiger partial charge in [0.25, 0.3) is 0 Å². The third-order valence-corrected chi connectivity index (χ3v) is 3.95. The van der Waals surface area contributed by atoms with Gasteiger partial charge in [0.2, 0.25) is 5.91 Å². The summed E-state index contributed by atoms with van der Waals surface area (Å²) in [6.45, 7) is 4.67. The van der Waals surface area contributed by atoms with Crippen LogP contribution in [-0.4, -0.2) is 12.5 Å². The first-order valence-corrected chi connectivity index (χ1v) is 7.98. The number of hydrogen-bond acceptors (Lipinski definition) is 3. The number of carbonyl (C=O) groups is 1. The molecule has 0 spiro atoms. The van der Waals surface area contributed by atoms with E-state index in [4.69, 9.17) is 9.47 Å². The predicted molar refractivity (Wildman–Crippen MR) is 90.0 cm³/mol. The molecule has 0 bridgehead atoms. The number of benzene rings is 2. The van der Waals surface area contributed by atoms with Crippen molar-refractivity contribution in [3.05, 3.63) is 48.5 Å². The fourth-order valence-corrected chi connectivity index (χ4v) is 2.47. The van der Waals surface area contributed by atoms with Crippen LogP contribution in [0.25, 0.3) is 0 Å². The second-order valence-electron chi connectivity index (χ2n) is 5.81. The lowest BCUT2D eigenvalue weighted by molar-refractivity contribution is -0.117. The quantitative estimate of drug-likeness (QED) is 0.856. The molecule has 0 aromatic heterocycles. The summed E-state index contributed by atoms with van der Waals surface area (Å²) in [5.74, 6) is 2.83. The highest BCUT2D eigenvalue weighted by Crippen LogP contribution is 2.39. The maximum absolute atomic E-state index is 12.1. The number of para-hydroxylation sites is 2. The molecule has 4 heteroatoms. The van der Waals surface area contributed by atoms with Gasteiger partial charge in [0.15, 0.2) is 5.75 Å². The van der Waals surface area contributed by atoms with E-state index in [1.54, 1.807) is 0 Å². The molecular weight excluding hydrogens is 290 g/mol. The Bertz CT molecular complexity index is 681. The Balaban J connectivity index is 1.71. The zero-order valence-electron chi connectivity index (χ0n) is 13.4. The Labute approximate surface area is 136 Å². The maximum atomic E-state index is 12.1. The van der Waals surface area contributed by atoms with E-state index in [2.05, 4.69) is 12.2 Å². The van der Waals surface area contributed by atoms with Crippen molar-refractivity contribution in [2.45, 2.75) is 20.3 Å². The van der Waals surface area contributed by atoms with Gasteiger partial charge in [-0.05, 0) is 55.7 Å². The van der Waals surface area contributed by atoms with Crippen molar-refractivity contribution in [3.8, 4) is 17.2 Å². The van der Waals surface area contributed by atoms with Crippen molar-refractivity contribution < 1.29 is 14.3 Å². The SMILES string of the molecule is CCOc1ccc(Oc2ccccc2NC(=O)[C@@H]2C[C@H]2C)cc1. The molecule has 0 aliphatic heterocycles. The summed E-state index contributed by atoms with van der Waals surface area (Å²) in [6.07, 6.45) is 0.966. The van der Waals surface area contributed by atoms with E-state index in [0.717, 1.165) is 12.2 Å². The predicted octanol–water partition coefficient (Wildman–Crippen LogP) is 4.47. The third-order valence-electron chi connectivity index (χ3n) is 3.95. The maximum Gasteiger partial charge on any atom is 0.227 e. The Hall–Kier alpha value is -2.49. The molecule has 1 N–H and O–H groups in total. The summed E-state index contributed by atoms with van der Waals surface area (Å²) < 4.78 is 11.3. The number of ether oxygens (including phenoxy) is 2. The fourth-order valence-electron chi connectivity index (χ4n) is 2.47. The number of carbonyl (C=O) groups excluding carboxylic acids is 1. The largest absolute Gasteiger partial charge is 0.494 e. The van der Waals surface area contributed by atoms with Gasteiger partial charge in [0, 0.05) is 5.92 Å². The summed E-state index contributed by atoms with van der Waals surface area (Å²) in [4.78, 5) is 12.1.